The van der Waals surface area contributed by atoms with Crippen LogP contribution >= 0.6 is 15.9 Å². The molecule has 0 aliphatic heterocycles. The van der Waals surface area contributed by atoms with Crippen molar-refractivity contribution in [2.45, 2.75) is 20.4 Å². The quantitative estimate of drug-likeness (QED) is 0.946. The molecule has 0 saturated heterocycles. The number of rotatable bonds is 3. The van der Waals surface area contributed by atoms with Gasteiger partial charge in [-0.05, 0) is 48.0 Å². The number of aromatic nitrogens is 3. The number of carbonyl (C=O) groups excluding carboxylic acids is 1. The normalized spacial score (nSPS) is 10.4. The number of hydrogen-bond acceptors (Lipinski definition) is 3. The molecule has 2 aromatic heterocycles. The summed E-state index contributed by atoms with van der Waals surface area (Å²) in [6.45, 7) is 4.01. The molecule has 0 aliphatic rings. The van der Waals surface area contributed by atoms with Crippen LogP contribution < -0.4 is 5.32 Å². The van der Waals surface area contributed by atoms with Gasteiger partial charge in [0.1, 0.15) is 12.4 Å². The molecule has 0 saturated carbocycles. The van der Waals surface area contributed by atoms with Crippen molar-refractivity contribution in [1.82, 2.24) is 14.8 Å². The molecular weight excluding hydrogens is 296 g/mol. The number of aryl methyl sites for hydroxylation is 2. The Balaban J connectivity index is 2.01. The number of hydrogen-bond donors (Lipinski definition) is 1. The molecule has 5 nitrogen and oxygen atoms in total. The van der Waals surface area contributed by atoms with Gasteiger partial charge in [-0.1, -0.05) is 0 Å². The van der Waals surface area contributed by atoms with Crippen molar-refractivity contribution in [3.8, 4) is 0 Å². The molecule has 18 heavy (non-hydrogen) atoms. The maximum Gasteiger partial charge on any atom is 0.247 e. The van der Waals surface area contributed by atoms with Crippen LogP contribution in [0.15, 0.2) is 28.9 Å². The van der Waals surface area contributed by atoms with Gasteiger partial charge in [-0.3, -0.25) is 9.48 Å². The minimum absolute atomic E-state index is 0.143. The van der Waals surface area contributed by atoms with Crippen molar-refractivity contribution in [3.05, 3.63) is 40.3 Å². The average molecular weight is 309 g/mol. The van der Waals surface area contributed by atoms with Gasteiger partial charge >= 0.3 is 0 Å². The predicted molar refractivity (Wildman–Crippen MR) is 72.3 cm³/mol. The highest BCUT2D eigenvalue weighted by molar-refractivity contribution is 9.10. The molecule has 0 aromatic carbocycles. The zero-order valence-electron chi connectivity index (χ0n) is 10.1. The first-order chi connectivity index (χ1) is 8.54. The van der Waals surface area contributed by atoms with E-state index < -0.39 is 0 Å². The Morgan fingerprint density at radius 2 is 2.22 bits per heavy atom. The number of halogens is 1. The number of nitrogens with one attached hydrogen (secondary N) is 1. The first-order valence-electron chi connectivity index (χ1n) is 5.47. The Morgan fingerprint density at radius 3 is 2.78 bits per heavy atom. The van der Waals surface area contributed by atoms with Gasteiger partial charge < -0.3 is 5.32 Å². The first kappa shape index (κ1) is 12.8. The van der Waals surface area contributed by atoms with Crippen LogP contribution in [0, 0.1) is 13.8 Å². The fraction of sp³-hybridized carbons (Fsp3) is 0.250. The number of pyridine rings is 1. The summed E-state index contributed by atoms with van der Waals surface area (Å²) < 4.78 is 2.54. The highest BCUT2D eigenvalue weighted by atomic mass is 79.9. The van der Waals surface area contributed by atoms with E-state index in [0.29, 0.717) is 5.82 Å². The third-order valence-electron chi connectivity index (χ3n) is 2.39. The summed E-state index contributed by atoms with van der Waals surface area (Å²) in [6, 6.07) is 5.50. The lowest BCUT2D eigenvalue weighted by Gasteiger charge is -2.06. The Morgan fingerprint density at radius 1 is 1.44 bits per heavy atom. The molecule has 0 unspecified atom stereocenters. The topological polar surface area (TPSA) is 59.8 Å². The lowest BCUT2D eigenvalue weighted by atomic mass is 10.4. The van der Waals surface area contributed by atoms with Gasteiger partial charge in [0, 0.05) is 16.4 Å². The van der Waals surface area contributed by atoms with Crippen molar-refractivity contribution in [2.75, 3.05) is 5.32 Å². The maximum absolute atomic E-state index is 11.8. The molecular formula is C12H13BrN4O. The SMILES string of the molecule is Cc1cc(C)n(CC(=O)Nc2ccc(Br)cn2)n1. The van der Waals surface area contributed by atoms with Crippen molar-refractivity contribution < 1.29 is 4.79 Å². The lowest BCUT2D eigenvalue weighted by molar-refractivity contribution is -0.117. The summed E-state index contributed by atoms with van der Waals surface area (Å²) in [7, 11) is 0. The minimum atomic E-state index is -0.143. The van der Waals surface area contributed by atoms with E-state index in [9.17, 15) is 4.79 Å². The average Bonchev–Trinajstić information content (AvgIpc) is 2.61. The van der Waals surface area contributed by atoms with Gasteiger partial charge in [0.25, 0.3) is 0 Å². The zero-order chi connectivity index (χ0) is 13.1. The zero-order valence-corrected chi connectivity index (χ0v) is 11.7. The summed E-state index contributed by atoms with van der Waals surface area (Å²) in [6.07, 6.45) is 1.64. The minimum Gasteiger partial charge on any atom is -0.309 e. The summed E-state index contributed by atoms with van der Waals surface area (Å²) in [5.74, 6) is 0.390. The van der Waals surface area contributed by atoms with Crippen LogP contribution in [0.5, 0.6) is 0 Å². The largest absolute Gasteiger partial charge is 0.309 e. The van der Waals surface area contributed by atoms with Crippen LogP contribution in [-0.4, -0.2) is 20.7 Å². The molecule has 0 bridgehead atoms. The molecule has 0 atom stereocenters. The van der Waals surface area contributed by atoms with E-state index in [1.165, 1.54) is 0 Å². The monoisotopic (exact) mass is 308 g/mol. The molecule has 0 fully saturated rings. The van der Waals surface area contributed by atoms with Gasteiger partial charge in [0.15, 0.2) is 0 Å². The van der Waals surface area contributed by atoms with Gasteiger partial charge in [0.2, 0.25) is 5.91 Å². The fourth-order valence-electron chi connectivity index (χ4n) is 1.60. The van der Waals surface area contributed by atoms with Crippen LogP contribution in [0.4, 0.5) is 5.82 Å². The molecule has 0 spiro atoms. The molecule has 2 aromatic rings. The fourth-order valence-corrected chi connectivity index (χ4v) is 1.84. The van der Waals surface area contributed by atoms with Crippen LogP contribution in [0.1, 0.15) is 11.4 Å². The van der Waals surface area contributed by atoms with Gasteiger partial charge in [-0.15, -0.1) is 0 Å². The van der Waals surface area contributed by atoms with E-state index in [0.717, 1.165) is 15.9 Å². The highest BCUT2D eigenvalue weighted by Crippen LogP contribution is 2.10. The van der Waals surface area contributed by atoms with E-state index >= 15 is 0 Å². The van der Waals surface area contributed by atoms with Gasteiger partial charge in [-0.2, -0.15) is 5.10 Å². The van der Waals surface area contributed by atoms with Crippen molar-refractivity contribution in [2.24, 2.45) is 0 Å². The van der Waals surface area contributed by atoms with Crippen LogP contribution in [0.25, 0.3) is 0 Å². The van der Waals surface area contributed by atoms with E-state index in [1.54, 1.807) is 16.9 Å². The lowest BCUT2D eigenvalue weighted by Crippen LogP contribution is -2.20. The molecule has 2 rings (SSSR count). The Hall–Kier alpha value is -1.69. The van der Waals surface area contributed by atoms with Crippen molar-refractivity contribution >= 4 is 27.7 Å². The maximum atomic E-state index is 11.8. The molecule has 1 amide bonds. The predicted octanol–water partition coefficient (Wildman–Crippen LogP) is 2.30. The van der Waals surface area contributed by atoms with Crippen LogP contribution in [0.3, 0.4) is 0 Å². The van der Waals surface area contributed by atoms with E-state index in [4.69, 9.17) is 0 Å². The number of anilines is 1. The molecule has 2 heterocycles. The first-order valence-corrected chi connectivity index (χ1v) is 6.26. The number of amides is 1. The Labute approximate surface area is 113 Å². The molecule has 0 aliphatic carbocycles. The third kappa shape index (κ3) is 3.16. The summed E-state index contributed by atoms with van der Waals surface area (Å²) in [5.41, 5.74) is 1.87. The van der Waals surface area contributed by atoms with E-state index in [-0.39, 0.29) is 12.5 Å². The third-order valence-corrected chi connectivity index (χ3v) is 2.86. The number of carbonyl (C=O) groups is 1. The number of nitrogens with zero attached hydrogens (tertiary/aromatic N) is 3. The summed E-state index contributed by atoms with van der Waals surface area (Å²) in [4.78, 5) is 15.9. The second-order valence-electron chi connectivity index (χ2n) is 3.99. The van der Waals surface area contributed by atoms with Crippen molar-refractivity contribution in [3.63, 3.8) is 0 Å². The van der Waals surface area contributed by atoms with Crippen LogP contribution in [0.2, 0.25) is 0 Å². The summed E-state index contributed by atoms with van der Waals surface area (Å²) >= 11 is 3.29. The van der Waals surface area contributed by atoms with E-state index in [1.807, 2.05) is 26.0 Å². The van der Waals surface area contributed by atoms with Gasteiger partial charge in [0.05, 0.1) is 5.69 Å². The second kappa shape index (κ2) is 5.30. The van der Waals surface area contributed by atoms with Crippen molar-refractivity contribution in [1.29, 1.82) is 0 Å². The van der Waals surface area contributed by atoms with Gasteiger partial charge in [-0.25, -0.2) is 4.98 Å². The molecule has 94 valence electrons. The molecule has 0 radical (unpaired) electrons. The van der Waals surface area contributed by atoms with E-state index in [2.05, 4.69) is 31.3 Å². The second-order valence-corrected chi connectivity index (χ2v) is 4.91. The van der Waals surface area contributed by atoms with Crippen LogP contribution in [-0.2, 0) is 11.3 Å². The Bertz CT molecular complexity index is 562. The molecule has 1 N–H and O–H groups in total. The Kier molecular flexibility index (Phi) is 3.76. The molecule has 6 heteroatoms. The highest BCUT2D eigenvalue weighted by Gasteiger charge is 2.07. The summed E-state index contributed by atoms with van der Waals surface area (Å²) in [5, 5.41) is 6.96. The standard InChI is InChI=1S/C12H13BrN4O/c1-8-5-9(2)17(16-8)7-12(18)15-11-4-3-10(13)6-14-11/h3-6H,7H2,1-2H3,(H,14,15,18). The smallest absolute Gasteiger partial charge is 0.247 e.